The molecule has 0 aliphatic rings. The molecule has 0 fully saturated rings. The lowest BCUT2D eigenvalue weighted by atomic mass is 10.2. The number of aromatic nitrogens is 3. The first-order valence-corrected chi connectivity index (χ1v) is 5.92. The van der Waals surface area contributed by atoms with E-state index in [0.717, 1.165) is 5.56 Å². The molecule has 2 aromatic rings. The Balaban J connectivity index is 2.52. The number of nitrogen functional groups attached to an aromatic ring is 1. The smallest absolute Gasteiger partial charge is 0.230 e. The average molecular weight is 280 g/mol. The van der Waals surface area contributed by atoms with E-state index in [1.165, 1.54) is 0 Å². The fraction of sp³-hybridized carbons (Fsp3) is 0.250. The van der Waals surface area contributed by atoms with Crippen LogP contribution in [-0.4, -0.2) is 36.2 Å². The summed E-state index contributed by atoms with van der Waals surface area (Å²) in [6, 6.07) is 5.29. The van der Waals surface area contributed by atoms with Crippen molar-refractivity contribution in [2.24, 2.45) is 0 Å². The molecule has 2 rings (SSSR count). The van der Waals surface area contributed by atoms with Gasteiger partial charge in [-0.05, 0) is 18.2 Å². The van der Waals surface area contributed by atoms with Crippen LogP contribution < -0.4 is 15.4 Å². The molecule has 0 radical (unpaired) electrons. The van der Waals surface area contributed by atoms with Gasteiger partial charge in [-0.15, -0.1) is 0 Å². The van der Waals surface area contributed by atoms with Gasteiger partial charge in [-0.1, -0.05) is 11.6 Å². The number of halogens is 1. The van der Waals surface area contributed by atoms with Gasteiger partial charge in [0.25, 0.3) is 0 Å². The van der Waals surface area contributed by atoms with E-state index >= 15 is 0 Å². The Kier molecular flexibility index (Phi) is 3.71. The molecule has 1 aromatic heterocycles. The van der Waals surface area contributed by atoms with Crippen molar-refractivity contribution in [3.63, 3.8) is 0 Å². The molecule has 0 unspecified atom stereocenters. The zero-order chi connectivity index (χ0) is 14.0. The van der Waals surface area contributed by atoms with Crippen LogP contribution in [0, 0.1) is 0 Å². The van der Waals surface area contributed by atoms with Crippen molar-refractivity contribution in [3.05, 3.63) is 23.2 Å². The molecular formula is C12H14ClN5O. The average Bonchev–Trinajstić information content (AvgIpc) is 2.38. The summed E-state index contributed by atoms with van der Waals surface area (Å²) in [6.07, 6.45) is 0. The number of methoxy groups -OCH3 is 1. The van der Waals surface area contributed by atoms with Gasteiger partial charge in [0.05, 0.1) is 12.1 Å². The maximum atomic E-state index is 5.99. The molecule has 0 saturated heterocycles. The zero-order valence-corrected chi connectivity index (χ0v) is 11.6. The molecule has 2 N–H and O–H groups in total. The number of nitrogens with two attached hydrogens (primary N) is 1. The lowest BCUT2D eigenvalue weighted by Crippen LogP contribution is -2.15. The van der Waals surface area contributed by atoms with Gasteiger partial charge in [0.1, 0.15) is 5.75 Å². The first-order chi connectivity index (χ1) is 9.01. The second kappa shape index (κ2) is 5.27. The van der Waals surface area contributed by atoms with Crippen molar-refractivity contribution >= 4 is 23.5 Å². The maximum absolute atomic E-state index is 5.99. The molecule has 6 nitrogen and oxygen atoms in total. The molecule has 19 heavy (non-hydrogen) atoms. The van der Waals surface area contributed by atoms with E-state index in [1.807, 2.05) is 14.1 Å². The molecule has 7 heteroatoms. The summed E-state index contributed by atoms with van der Waals surface area (Å²) in [5.74, 6) is 1.70. The molecule has 1 aromatic carbocycles. The van der Waals surface area contributed by atoms with Crippen LogP contribution in [0.25, 0.3) is 11.4 Å². The largest absolute Gasteiger partial charge is 0.495 e. The van der Waals surface area contributed by atoms with Crippen LogP contribution in [0.2, 0.25) is 5.02 Å². The van der Waals surface area contributed by atoms with Gasteiger partial charge >= 0.3 is 0 Å². The highest BCUT2D eigenvalue weighted by molar-refractivity contribution is 6.32. The van der Waals surface area contributed by atoms with Gasteiger partial charge in [-0.3, -0.25) is 0 Å². The number of ether oxygens (including phenoxy) is 1. The fourth-order valence-corrected chi connectivity index (χ4v) is 1.70. The second-order valence-corrected chi connectivity index (χ2v) is 4.47. The van der Waals surface area contributed by atoms with E-state index in [2.05, 4.69) is 15.0 Å². The topological polar surface area (TPSA) is 77.2 Å². The Bertz CT molecular complexity index is 603. The van der Waals surface area contributed by atoms with Crippen molar-refractivity contribution in [1.82, 2.24) is 15.0 Å². The summed E-state index contributed by atoms with van der Waals surface area (Å²) in [5, 5.41) is 0.529. The minimum Gasteiger partial charge on any atom is -0.495 e. The van der Waals surface area contributed by atoms with E-state index in [0.29, 0.717) is 22.5 Å². The molecule has 0 saturated carbocycles. The van der Waals surface area contributed by atoms with Crippen molar-refractivity contribution in [1.29, 1.82) is 0 Å². The van der Waals surface area contributed by atoms with Gasteiger partial charge in [0.15, 0.2) is 5.82 Å². The van der Waals surface area contributed by atoms with Crippen LogP contribution >= 0.6 is 11.6 Å². The Morgan fingerprint density at radius 3 is 2.58 bits per heavy atom. The van der Waals surface area contributed by atoms with Crippen molar-refractivity contribution in [2.75, 3.05) is 31.8 Å². The molecule has 0 atom stereocenters. The number of hydrogen-bond acceptors (Lipinski definition) is 6. The van der Waals surface area contributed by atoms with Gasteiger partial charge in [-0.2, -0.15) is 15.0 Å². The highest BCUT2D eigenvalue weighted by Crippen LogP contribution is 2.29. The summed E-state index contributed by atoms with van der Waals surface area (Å²) in [4.78, 5) is 14.3. The SMILES string of the molecule is COc1cc(-c2nc(N)nc(N(C)C)n2)ccc1Cl. The van der Waals surface area contributed by atoms with E-state index in [-0.39, 0.29) is 5.95 Å². The predicted octanol–water partition coefficient (Wildman–Crippen LogP) is 1.85. The van der Waals surface area contributed by atoms with E-state index < -0.39 is 0 Å². The molecule has 0 aliphatic heterocycles. The minimum absolute atomic E-state index is 0.169. The van der Waals surface area contributed by atoms with Crippen LogP contribution in [0.1, 0.15) is 0 Å². The summed E-state index contributed by atoms with van der Waals surface area (Å²) in [7, 11) is 5.22. The van der Waals surface area contributed by atoms with Crippen LogP contribution in [-0.2, 0) is 0 Å². The fourth-order valence-electron chi connectivity index (χ4n) is 1.51. The number of nitrogens with zero attached hydrogens (tertiary/aromatic N) is 4. The van der Waals surface area contributed by atoms with E-state index in [1.54, 1.807) is 30.2 Å². The Morgan fingerprint density at radius 1 is 1.21 bits per heavy atom. The Hall–Kier alpha value is -2.08. The van der Waals surface area contributed by atoms with Crippen molar-refractivity contribution in [3.8, 4) is 17.1 Å². The van der Waals surface area contributed by atoms with Crippen molar-refractivity contribution < 1.29 is 4.74 Å². The maximum Gasteiger partial charge on any atom is 0.230 e. The predicted molar refractivity (Wildman–Crippen MR) is 75.6 cm³/mol. The van der Waals surface area contributed by atoms with Crippen molar-refractivity contribution in [2.45, 2.75) is 0 Å². The molecule has 0 spiro atoms. The van der Waals surface area contributed by atoms with Gasteiger partial charge in [-0.25, -0.2) is 0 Å². The van der Waals surface area contributed by atoms with Crippen LogP contribution in [0.3, 0.4) is 0 Å². The highest BCUT2D eigenvalue weighted by atomic mass is 35.5. The molecular weight excluding hydrogens is 266 g/mol. The van der Waals surface area contributed by atoms with Crippen LogP contribution in [0.15, 0.2) is 18.2 Å². The first-order valence-electron chi connectivity index (χ1n) is 5.54. The van der Waals surface area contributed by atoms with Gasteiger partial charge < -0.3 is 15.4 Å². The lowest BCUT2D eigenvalue weighted by Gasteiger charge is -2.12. The number of rotatable bonds is 3. The Morgan fingerprint density at radius 2 is 1.95 bits per heavy atom. The minimum atomic E-state index is 0.169. The van der Waals surface area contributed by atoms with Crippen LogP contribution in [0.5, 0.6) is 5.75 Å². The summed E-state index contributed by atoms with van der Waals surface area (Å²) in [6.45, 7) is 0. The van der Waals surface area contributed by atoms with E-state index in [9.17, 15) is 0 Å². The third-order valence-corrected chi connectivity index (χ3v) is 2.76. The monoisotopic (exact) mass is 279 g/mol. The number of anilines is 2. The quantitative estimate of drug-likeness (QED) is 0.924. The highest BCUT2D eigenvalue weighted by Gasteiger charge is 2.10. The van der Waals surface area contributed by atoms with Crippen LogP contribution in [0.4, 0.5) is 11.9 Å². The molecule has 0 bridgehead atoms. The third-order valence-electron chi connectivity index (χ3n) is 2.45. The second-order valence-electron chi connectivity index (χ2n) is 4.06. The first kappa shape index (κ1) is 13.4. The Labute approximate surface area is 116 Å². The third kappa shape index (κ3) is 2.85. The van der Waals surface area contributed by atoms with Gasteiger partial charge in [0.2, 0.25) is 11.9 Å². The summed E-state index contributed by atoms with van der Waals surface area (Å²) >= 11 is 5.99. The normalized spacial score (nSPS) is 10.3. The lowest BCUT2D eigenvalue weighted by molar-refractivity contribution is 0.415. The van der Waals surface area contributed by atoms with Gasteiger partial charge in [0, 0.05) is 19.7 Å². The molecule has 0 aliphatic carbocycles. The summed E-state index contributed by atoms with van der Waals surface area (Å²) < 4.78 is 5.17. The number of benzene rings is 1. The standard InChI is InChI=1S/C12H14ClN5O/c1-18(2)12-16-10(15-11(14)17-12)7-4-5-8(13)9(6-7)19-3/h4-6H,1-3H3,(H2,14,15,16,17). The van der Waals surface area contributed by atoms with E-state index in [4.69, 9.17) is 22.1 Å². The molecule has 0 amide bonds. The molecule has 1 heterocycles. The summed E-state index contributed by atoms with van der Waals surface area (Å²) in [5.41, 5.74) is 6.45. The number of hydrogen-bond donors (Lipinski definition) is 1. The molecule has 100 valence electrons. The zero-order valence-electron chi connectivity index (χ0n) is 10.9.